The molecule has 8 heteroatoms. The first-order valence-electron chi connectivity index (χ1n) is 8.13. The second-order valence-corrected chi connectivity index (χ2v) is 6.23. The molecular weight excluding hydrogens is 384 g/mol. The zero-order valence-corrected chi connectivity index (χ0v) is 14.9. The number of hydrogen-bond acceptors (Lipinski definition) is 6. The van der Waals surface area contributed by atoms with Crippen molar-refractivity contribution in [2.75, 3.05) is 0 Å². The topological polar surface area (TPSA) is 94.9 Å². The monoisotopic (exact) mass is 394 g/mol. The number of aliphatic imine (C=N–C) groups is 1. The quantitative estimate of drug-likeness (QED) is 0.273. The number of carbonyl (C=O) groups is 1. The third kappa shape index (κ3) is 3.43. The highest BCUT2D eigenvalue weighted by molar-refractivity contribution is 6.33. The molecule has 0 aliphatic carbocycles. The Balaban J connectivity index is 1.65. The number of nitro groups is 1. The van der Waals surface area contributed by atoms with Crippen LogP contribution in [0.5, 0.6) is 0 Å². The fourth-order valence-electron chi connectivity index (χ4n) is 2.64. The first kappa shape index (κ1) is 17.7. The van der Waals surface area contributed by atoms with Crippen LogP contribution in [0.3, 0.4) is 0 Å². The second-order valence-electron chi connectivity index (χ2n) is 5.83. The Labute approximate surface area is 163 Å². The van der Waals surface area contributed by atoms with Gasteiger partial charge in [-0.15, -0.1) is 0 Å². The number of benzene rings is 2. The van der Waals surface area contributed by atoms with Gasteiger partial charge in [0.15, 0.2) is 5.70 Å². The Morgan fingerprint density at radius 3 is 2.61 bits per heavy atom. The molecule has 0 unspecified atom stereocenters. The van der Waals surface area contributed by atoms with Gasteiger partial charge in [0.05, 0.1) is 9.95 Å². The maximum absolute atomic E-state index is 12.1. The molecule has 28 heavy (non-hydrogen) atoms. The van der Waals surface area contributed by atoms with Crippen molar-refractivity contribution in [1.29, 1.82) is 0 Å². The summed E-state index contributed by atoms with van der Waals surface area (Å²) in [6.45, 7) is 0. The standard InChI is InChI=1S/C20H11ClN2O5/c21-16-8-6-13(23(25)26)10-15(16)18-9-7-14(27-18)11-17-20(24)28-19(22-17)12-4-2-1-3-5-12/h1-11H/b17-11+. The average molecular weight is 395 g/mol. The van der Waals surface area contributed by atoms with Gasteiger partial charge in [0.2, 0.25) is 5.90 Å². The van der Waals surface area contributed by atoms with Gasteiger partial charge >= 0.3 is 5.97 Å². The minimum absolute atomic E-state index is 0.0879. The average Bonchev–Trinajstić information content (AvgIpc) is 3.30. The minimum Gasteiger partial charge on any atom is -0.457 e. The number of furan rings is 1. The van der Waals surface area contributed by atoms with Crippen molar-refractivity contribution in [2.24, 2.45) is 4.99 Å². The van der Waals surface area contributed by atoms with E-state index >= 15 is 0 Å². The lowest BCUT2D eigenvalue weighted by Crippen LogP contribution is -2.04. The molecule has 1 aliphatic rings. The maximum atomic E-state index is 12.1. The van der Waals surface area contributed by atoms with E-state index in [9.17, 15) is 14.9 Å². The van der Waals surface area contributed by atoms with Gasteiger partial charge in [-0.3, -0.25) is 10.1 Å². The predicted octanol–water partition coefficient (Wildman–Crippen LogP) is 4.85. The number of esters is 1. The normalized spacial score (nSPS) is 14.8. The zero-order chi connectivity index (χ0) is 19.7. The van der Waals surface area contributed by atoms with Crippen LogP contribution in [-0.4, -0.2) is 16.8 Å². The Morgan fingerprint density at radius 1 is 1.07 bits per heavy atom. The van der Waals surface area contributed by atoms with Crippen molar-refractivity contribution in [3.63, 3.8) is 0 Å². The van der Waals surface area contributed by atoms with E-state index in [4.69, 9.17) is 20.8 Å². The molecule has 0 N–H and O–H groups in total. The summed E-state index contributed by atoms with van der Waals surface area (Å²) in [5.41, 5.74) is 1.04. The van der Waals surface area contributed by atoms with Gasteiger partial charge in [-0.25, -0.2) is 9.79 Å². The lowest BCUT2D eigenvalue weighted by Gasteiger charge is -2.00. The first-order chi connectivity index (χ1) is 13.5. The number of hydrogen-bond donors (Lipinski definition) is 0. The molecule has 7 nitrogen and oxygen atoms in total. The number of carbonyl (C=O) groups excluding carboxylic acids is 1. The van der Waals surface area contributed by atoms with E-state index < -0.39 is 10.9 Å². The molecule has 1 aliphatic heterocycles. The summed E-state index contributed by atoms with van der Waals surface area (Å²) >= 11 is 6.13. The lowest BCUT2D eigenvalue weighted by molar-refractivity contribution is -0.384. The number of cyclic esters (lactones) is 1. The molecule has 0 saturated carbocycles. The summed E-state index contributed by atoms with van der Waals surface area (Å²) in [5.74, 6) is 0.289. The van der Waals surface area contributed by atoms with Gasteiger partial charge in [0.25, 0.3) is 5.69 Å². The SMILES string of the molecule is O=C1OC(c2ccccc2)=N/C1=C/c1ccc(-c2cc([N+](=O)[O-])ccc2Cl)o1. The van der Waals surface area contributed by atoms with E-state index in [1.54, 1.807) is 24.3 Å². The van der Waals surface area contributed by atoms with Crippen LogP contribution in [0.15, 0.2) is 75.8 Å². The number of nitro benzene ring substituents is 1. The lowest BCUT2D eigenvalue weighted by atomic mass is 10.1. The maximum Gasteiger partial charge on any atom is 0.363 e. The Bertz CT molecular complexity index is 1150. The number of ether oxygens (including phenoxy) is 1. The summed E-state index contributed by atoms with van der Waals surface area (Å²) in [4.78, 5) is 26.7. The molecule has 0 atom stereocenters. The van der Waals surface area contributed by atoms with E-state index in [-0.39, 0.29) is 17.3 Å². The molecule has 138 valence electrons. The van der Waals surface area contributed by atoms with Gasteiger partial charge in [-0.05, 0) is 30.3 Å². The van der Waals surface area contributed by atoms with Crippen LogP contribution in [0.2, 0.25) is 5.02 Å². The van der Waals surface area contributed by atoms with Crippen LogP contribution in [-0.2, 0) is 9.53 Å². The molecule has 0 bridgehead atoms. The molecule has 0 saturated heterocycles. The highest BCUT2D eigenvalue weighted by Gasteiger charge is 2.24. The fourth-order valence-corrected chi connectivity index (χ4v) is 2.85. The molecule has 3 aromatic rings. The van der Waals surface area contributed by atoms with Crippen molar-refractivity contribution in [2.45, 2.75) is 0 Å². The Morgan fingerprint density at radius 2 is 1.86 bits per heavy atom. The second kappa shape index (κ2) is 7.13. The van der Waals surface area contributed by atoms with Gasteiger partial charge in [-0.2, -0.15) is 0 Å². The molecule has 2 aromatic carbocycles. The Hall–Kier alpha value is -3.71. The highest BCUT2D eigenvalue weighted by atomic mass is 35.5. The molecule has 0 amide bonds. The third-order valence-electron chi connectivity index (χ3n) is 3.97. The summed E-state index contributed by atoms with van der Waals surface area (Å²) < 4.78 is 10.9. The van der Waals surface area contributed by atoms with Crippen LogP contribution >= 0.6 is 11.6 Å². The van der Waals surface area contributed by atoms with E-state index in [1.807, 2.05) is 18.2 Å². The summed E-state index contributed by atoms with van der Waals surface area (Å²) in [7, 11) is 0. The van der Waals surface area contributed by atoms with Crippen LogP contribution in [0.4, 0.5) is 5.69 Å². The molecule has 0 spiro atoms. The van der Waals surface area contributed by atoms with Gasteiger partial charge in [0.1, 0.15) is 11.5 Å². The van der Waals surface area contributed by atoms with Gasteiger partial charge in [0, 0.05) is 29.3 Å². The van der Waals surface area contributed by atoms with Crippen LogP contribution in [0, 0.1) is 10.1 Å². The van der Waals surface area contributed by atoms with Crippen molar-refractivity contribution in [1.82, 2.24) is 0 Å². The molecule has 2 heterocycles. The highest BCUT2D eigenvalue weighted by Crippen LogP contribution is 2.33. The van der Waals surface area contributed by atoms with Crippen molar-refractivity contribution >= 4 is 35.2 Å². The molecule has 0 fully saturated rings. The van der Waals surface area contributed by atoms with Crippen molar-refractivity contribution in [3.8, 4) is 11.3 Å². The first-order valence-corrected chi connectivity index (χ1v) is 8.51. The largest absolute Gasteiger partial charge is 0.457 e. The van der Waals surface area contributed by atoms with E-state index in [0.29, 0.717) is 27.7 Å². The molecule has 1 aromatic heterocycles. The molecule has 4 rings (SSSR count). The number of non-ortho nitro benzene ring substituents is 1. The van der Waals surface area contributed by atoms with E-state index in [1.165, 1.54) is 24.3 Å². The predicted molar refractivity (Wildman–Crippen MR) is 103 cm³/mol. The van der Waals surface area contributed by atoms with Crippen LogP contribution in [0.1, 0.15) is 11.3 Å². The number of rotatable bonds is 4. The Kier molecular flexibility index (Phi) is 4.50. The van der Waals surface area contributed by atoms with E-state index in [2.05, 4.69) is 4.99 Å². The third-order valence-corrected chi connectivity index (χ3v) is 4.30. The summed E-state index contributed by atoms with van der Waals surface area (Å²) in [6, 6.07) is 16.3. The fraction of sp³-hybridized carbons (Fsp3) is 0. The van der Waals surface area contributed by atoms with Crippen molar-refractivity contribution in [3.05, 3.63) is 92.8 Å². The molecule has 0 radical (unpaired) electrons. The zero-order valence-electron chi connectivity index (χ0n) is 14.2. The summed E-state index contributed by atoms with van der Waals surface area (Å²) in [6.07, 6.45) is 1.44. The van der Waals surface area contributed by atoms with Crippen LogP contribution in [0.25, 0.3) is 17.4 Å². The van der Waals surface area contributed by atoms with Gasteiger partial charge < -0.3 is 9.15 Å². The summed E-state index contributed by atoms with van der Waals surface area (Å²) in [5, 5.41) is 11.3. The number of nitrogens with zero attached hydrogens (tertiary/aromatic N) is 2. The van der Waals surface area contributed by atoms with Gasteiger partial charge in [-0.1, -0.05) is 29.8 Å². The minimum atomic E-state index is -0.592. The van der Waals surface area contributed by atoms with Crippen LogP contribution < -0.4 is 0 Å². The number of halogens is 1. The smallest absolute Gasteiger partial charge is 0.363 e. The van der Waals surface area contributed by atoms with Crippen molar-refractivity contribution < 1.29 is 18.9 Å². The van der Waals surface area contributed by atoms with E-state index in [0.717, 1.165) is 0 Å². The molecular formula is C20H11ClN2O5.